The Bertz CT molecular complexity index is 1050. The molecule has 0 saturated heterocycles. The second-order valence-corrected chi connectivity index (χ2v) is 8.89. The topological polar surface area (TPSA) is 92.3 Å². The lowest BCUT2D eigenvalue weighted by atomic mass is 10.1. The quantitative estimate of drug-likeness (QED) is 0.768. The molecular weight excluding hydrogens is 390 g/mol. The second kappa shape index (κ2) is 7.67. The molecule has 0 spiro atoms. The van der Waals surface area contributed by atoms with Gasteiger partial charge in [-0.05, 0) is 36.5 Å². The van der Waals surface area contributed by atoms with Crippen LogP contribution >= 0.6 is 0 Å². The minimum Gasteiger partial charge on any atom is -0.323 e. The summed E-state index contributed by atoms with van der Waals surface area (Å²) >= 11 is 0. The Kier molecular flexibility index (Phi) is 5.46. The number of anilines is 2. The van der Waals surface area contributed by atoms with Crippen molar-refractivity contribution in [2.24, 2.45) is 0 Å². The molecule has 3 rings (SSSR count). The molecule has 0 atom stereocenters. The SMILES string of the molecule is CS(=O)(=O)CC(=O)Nc1cc(C(=O)Nc2ccccc2C2CC2)c(F)cc1F. The van der Waals surface area contributed by atoms with Crippen LogP contribution in [-0.4, -0.2) is 32.2 Å². The summed E-state index contributed by atoms with van der Waals surface area (Å²) in [5.41, 5.74) is 0.541. The number of carbonyl (C=O) groups excluding carboxylic acids is 2. The first-order chi connectivity index (χ1) is 13.1. The standard InChI is InChI=1S/C19H18F2N2O4S/c1-28(26,27)10-18(24)22-17-8-13(14(20)9-15(17)21)19(25)23-16-5-3-2-4-12(16)11-6-7-11/h2-5,8-9,11H,6-7,10H2,1H3,(H,22,24)(H,23,25). The molecule has 0 aliphatic heterocycles. The summed E-state index contributed by atoms with van der Waals surface area (Å²) in [6.07, 6.45) is 2.87. The summed E-state index contributed by atoms with van der Waals surface area (Å²) < 4.78 is 50.4. The zero-order chi connectivity index (χ0) is 20.5. The summed E-state index contributed by atoms with van der Waals surface area (Å²) in [4.78, 5) is 24.2. The summed E-state index contributed by atoms with van der Waals surface area (Å²) in [5.74, 6) is -4.52. The van der Waals surface area contributed by atoms with Crippen LogP contribution in [0.5, 0.6) is 0 Å². The lowest BCUT2D eigenvalue weighted by Crippen LogP contribution is -2.23. The van der Waals surface area contributed by atoms with Crippen molar-refractivity contribution in [2.75, 3.05) is 22.6 Å². The smallest absolute Gasteiger partial charge is 0.258 e. The van der Waals surface area contributed by atoms with Gasteiger partial charge in [-0.25, -0.2) is 17.2 Å². The van der Waals surface area contributed by atoms with Crippen molar-refractivity contribution in [2.45, 2.75) is 18.8 Å². The van der Waals surface area contributed by atoms with E-state index in [4.69, 9.17) is 0 Å². The van der Waals surface area contributed by atoms with Crippen molar-refractivity contribution in [3.8, 4) is 0 Å². The Hall–Kier alpha value is -2.81. The van der Waals surface area contributed by atoms with Crippen LogP contribution in [0, 0.1) is 11.6 Å². The van der Waals surface area contributed by atoms with E-state index in [0.29, 0.717) is 17.7 Å². The molecule has 0 unspecified atom stereocenters. The Morgan fingerprint density at radius 2 is 1.71 bits per heavy atom. The van der Waals surface area contributed by atoms with Crippen molar-refractivity contribution >= 4 is 33.0 Å². The number of sulfone groups is 1. The highest BCUT2D eigenvalue weighted by molar-refractivity contribution is 7.91. The Labute approximate surface area is 160 Å². The van der Waals surface area contributed by atoms with Crippen molar-refractivity contribution < 1.29 is 26.8 Å². The van der Waals surface area contributed by atoms with E-state index in [1.807, 2.05) is 12.1 Å². The van der Waals surface area contributed by atoms with Gasteiger partial charge in [-0.1, -0.05) is 18.2 Å². The normalized spacial score (nSPS) is 13.8. The number of nitrogens with one attached hydrogen (secondary N) is 2. The van der Waals surface area contributed by atoms with Crippen LogP contribution in [-0.2, 0) is 14.6 Å². The molecule has 2 aromatic carbocycles. The zero-order valence-corrected chi connectivity index (χ0v) is 15.8. The molecule has 2 N–H and O–H groups in total. The van der Waals surface area contributed by atoms with E-state index in [9.17, 15) is 26.8 Å². The summed E-state index contributed by atoms with van der Waals surface area (Å²) in [6, 6.07) is 8.47. The van der Waals surface area contributed by atoms with Gasteiger partial charge in [0, 0.05) is 18.0 Å². The number of rotatable bonds is 6. The van der Waals surface area contributed by atoms with Crippen molar-refractivity contribution in [3.05, 3.63) is 59.2 Å². The molecule has 1 aliphatic carbocycles. The van der Waals surface area contributed by atoms with Crippen molar-refractivity contribution in [1.29, 1.82) is 0 Å². The highest BCUT2D eigenvalue weighted by Crippen LogP contribution is 2.43. The molecule has 0 bridgehead atoms. The van der Waals surface area contributed by atoms with E-state index in [1.165, 1.54) is 0 Å². The maximum absolute atomic E-state index is 14.2. The molecule has 2 aromatic rings. The van der Waals surface area contributed by atoms with Crippen LogP contribution in [0.3, 0.4) is 0 Å². The summed E-state index contributed by atoms with van der Waals surface area (Å²) in [6.45, 7) is 0. The van der Waals surface area contributed by atoms with Crippen molar-refractivity contribution in [3.63, 3.8) is 0 Å². The van der Waals surface area contributed by atoms with Gasteiger partial charge in [0.1, 0.15) is 17.4 Å². The first-order valence-electron chi connectivity index (χ1n) is 8.51. The molecule has 1 aliphatic rings. The van der Waals surface area contributed by atoms with E-state index in [2.05, 4.69) is 10.6 Å². The molecule has 6 nitrogen and oxygen atoms in total. The van der Waals surface area contributed by atoms with Crippen LogP contribution in [0.15, 0.2) is 36.4 Å². The fraction of sp³-hybridized carbons (Fsp3) is 0.263. The summed E-state index contributed by atoms with van der Waals surface area (Å²) in [7, 11) is -3.63. The monoisotopic (exact) mass is 408 g/mol. The van der Waals surface area contributed by atoms with Crippen LogP contribution < -0.4 is 10.6 Å². The third-order valence-electron chi connectivity index (χ3n) is 4.19. The molecule has 28 heavy (non-hydrogen) atoms. The molecule has 9 heteroatoms. The van der Waals surface area contributed by atoms with E-state index >= 15 is 0 Å². The fourth-order valence-electron chi connectivity index (χ4n) is 2.79. The molecule has 0 heterocycles. The highest BCUT2D eigenvalue weighted by Gasteiger charge is 2.27. The Morgan fingerprint density at radius 3 is 2.36 bits per heavy atom. The minimum atomic E-state index is -3.63. The van der Waals surface area contributed by atoms with Gasteiger partial charge < -0.3 is 10.6 Å². The average molecular weight is 408 g/mol. The van der Waals surface area contributed by atoms with Gasteiger partial charge in [-0.2, -0.15) is 0 Å². The molecule has 1 fully saturated rings. The van der Waals surface area contributed by atoms with Crippen molar-refractivity contribution in [1.82, 2.24) is 0 Å². The number of hydrogen-bond acceptors (Lipinski definition) is 4. The first kappa shape index (κ1) is 19.9. The summed E-state index contributed by atoms with van der Waals surface area (Å²) in [5, 5.41) is 4.67. The predicted molar refractivity (Wildman–Crippen MR) is 101 cm³/mol. The third-order valence-corrected chi connectivity index (χ3v) is 4.98. The highest BCUT2D eigenvalue weighted by atomic mass is 32.2. The lowest BCUT2D eigenvalue weighted by Gasteiger charge is -2.12. The van der Waals surface area contributed by atoms with Gasteiger partial charge in [-0.3, -0.25) is 9.59 Å². The predicted octanol–water partition coefficient (Wildman–Crippen LogP) is 3.08. The first-order valence-corrected chi connectivity index (χ1v) is 10.6. The largest absolute Gasteiger partial charge is 0.323 e. The minimum absolute atomic E-state index is 0.348. The van der Waals surface area contributed by atoms with E-state index in [1.54, 1.807) is 12.1 Å². The van der Waals surface area contributed by atoms with Gasteiger partial charge in [0.05, 0.1) is 11.3 Å². The maximum Gasteiger partial charge on any atom is 0.258 e. The maximum atomic E-state index is 14.2. The van der Waals surface area contributed by atoms with Gasteiger partial charge in [0.2, 0.25) is 5.91 Å². The van der Waals surface area contributed by atoms with Gasteiger partial charge in [0.25, 0.3) is 5.91 Å². The number of carbonyl (C=O) groups is 2. The Morgan fingerprint density at radius 1 is 1.04 bits per heavy atom. The molecular formula is C19H18F2N2O4S. The fourth-order valence-corrected chi connectivity index (χ4v) is 3.34. The van der Waals surface area contributed by atoms with Crippen LogP contribution in [0.4, 0.5) is 20.2 Å². The molecule has 0 radical (unpaired) electrons. The number of para-hydroxylation sites is 1. The number of benzene rings is 2. The molecule has 148 valence electrons. The molecule has 2 amide bonds. The molecule has 0 aromatic heterocycles. The van der Waals surface area contributed by atoms with E-state index in [-0.39, 0.29) is 0 Å². The van der Waals surface area contributed by atoms with Gasteiger partial charge >= 0.3 is 0 Å². The third kappa shape index (κ3) is 4.92. The Balaban J connectivity index is 1.83. The van der Waals surface area contributed by atoms with E-state index < -0.39 is 50.3 Å². The van der Waals surface area contributed by atoms with Crippen LogP contribution in [0.1, 0.15) is 34.7 Å². The zero-order valence-electron chi connectivity index (χ0n) is 15.0. The second-order valence-electron chi connectivity index (χ2n) is 6.75. The number of amides is 2. The lowest BCUT2D eigenvalue weighted by molar-refractivity contribution is -0.113. The van der Waals surface area contributed by atoms with Crippen LogP contribution in [0.2, 0.25) is 0 Å². The van der Waals surface area contributed by atoms with E-state index in [0.717, 1.165) is 30.7 Å². The van der Waals surface area contributed by atoms with Gasteiger partial charge in [0.15, 0.2) is 9.84 Å². The number of hydrogen-bond donors (Lipinski definition) is 2. The average Bonchev–Trinajstić information content (AvgIpc) is 3.41. The van der Waals surface area contributed by atoms with Crippen LogP contribution in [0.25, 0.3) is 0 Å². The number of halogens is 2. The molecule has 1 saturated carbocycles. The van der Waals surface area contributed by atoms with Gasteiger partial charge in [-0.15, -0.1) is 0 Å².